The number of benzene rings is 3. The fraction of sp³-hybridized carbons (Fsp3) is 0.397. The molecule has 3 fully saturated rings. The van der Waals surface area contributed by atoms with Gasteiger partial charge in [-0.05, 0) is 170 Å². The Morgan fingerprint density at radius 1 is 0.514 bits per heavy atom. The first-order valence-corrected chi connectivity index (χ1v) is 24.9. The summed E-state index contributed by atoms with van der Waals surface area (Å²) >= 11 is 0. The molecule has 14 nitrogen and oxygen atoms in total. The SMILES string of the molecule is CO.COc1ccc(-c2ccncc2)cc1C=O.COc1ccc(-c2ccncc2)cc1CNC1CCC(=O)CC1.COc1ccc(-c2ccncc2)cc1CNC1CCC(O)CC1.NC1CCC(O)CC1. The van der Waals surface area contributed by atoms with E-state index in [1.165, 1.54) is 5.56 Å². The minimum atomic E-state index is -0.113. The lowest BCUT2D eigenvalue weighted by Crippen LogP contribution is -2.34. The number of carbonyl (C=O) groups excluding carboxylic acids is 2. The van der Waals surface area contributed by atoms with Crippen LogP contribution in [-0.4, -0.2) is 101 Å². The van der Waals surface area contributed by atoms with Gasteiger partial charge in [0.2, 0.25) is 0 Å². The Hall–Kier alpha value is -6.39. The number of aldehydes is 1. The van der Waals surface area contributed by atoms with Crippen LogP contribution in [0, 0.1) is 0 Å². The fourth-order valence-corrected chi connectivity index (χ4v) is 8.87. The zero-order valence-electron chi connectivity index (χ0n) is 42.3. The van der Waals surface area contributed by atoms with Gasteiger partial charge in [-0.3, -0.25) is 24.5 Å². The number of nitrogens with two attached hydrogens (primary N) is 1. The molecule has 0 spiro atoms. The van der Waals surface area contributed by atoms with Crippen molar-refractivity contribution in [2.24, 2.45) is 5.73 Å². The Morgan fingerprint density at radius 2 is 0.875 bits per heavy atom. The highest BCUT2D eigenvalue weighted by molar-refractivity contribution is 5.83. The molecular weight excluding hydrogens is 909 g/mol. The number of methoxy groups -OCH3 is 3. The fourth-order valence-electron chi connectivity index (χ4n) is 8.87. The molecule has 3 aromatic heterocycles. The van der Waals surface area contributed by atoms with E-state index in [2.05, 4.69) is 49.9 Å². The van der Waals surface area contributed by atoms with Gasteiger partial charge in [-0.1, -0.05) is 18.2 Å². The van der Waals surface area contributed by atoms with Gasteiger partial charge in [-0.15, -0.1) is 0 Å². The van der Waals surface area contributed by atoms with Gasteiger partial charge in [0.25, 0.3) is 0 Å². The second-order valence-electron chi connectivity index (χ2n) is 18.0. The molecule has 0 atom stereocenters. The van der Waals surface area contributed by atoms with Crippen LogP contribution in [0.2, 0.25) is 0 Å². The van der Waals surface area contributed by atoms with Crippen molar-refractivity contribution in [2.45, 2.75) is 120 Å². The second-order valence-corrected chi connectivity index (χ2v) is 18.0. The van der Waals surface area contributed by atoms with Gasteiger partial charge in [0.15, 0.2) is 6.29 Å². The lowest BCUT2D eigenvalue weighted by molar-refractivity contribution is -0.120. The number of pyridine rings is 3. The summed E-state index contributed by atoms with van der Waals surface area (Å²) in [6.07, 6.45) is 22.2. The van der Waals surface area contributed by atoms with Gasteiger partial charge >= 0.3 is 0 Å². The topological polar surface area (TPSA) is 211 Å². The van der Waals surface area contributed by atoms with Gasteiger partial charge in [-0.2, -0.15) is 0 Å². The number of hydrogen-bond acceptors (Lipinski definition) is 14. The normalized spacial score (nSPS) is 18.4. The first-order chi connectivity index (χ1) is 35.2. The summed E-state index contributed by atoms with van der Waals surface area (Å²) in [5.41, 5.74) is 15.1. The molecule has 0 amide bonds. The van der Waals surface area contributed by atoms with Crippen LogP contribution < -0.4 is 30.6 Å². The lowest BCUT2D eigenvalue weighted by Gasteiger charge is -2.26. The van der Waals surface area contributed by atoms with Gasteiger partial charge < -0.3 is 45.9 Å². The highest BCUT2D eigenvalue weighted by Gasteiger charge is 2.21. The average molecular weight is 983 g/mol. The maximum Gasteiger partial charge on any atom is 0.153 e. The molecule has 384 valence electrons. The van der Waals surface area contributed by atoms with Crippen molar-refractivity contribution >= 4 is 12.1 Å². The van der Waals surface area contributed by atoms with Crippen molar-refractivity contribution in [1.29, 1.82) is 0 Å². The molecular formula is C58H74N6O8. The van der Waals surface area contributed by atoms with E-state index in [4.69, 9.17) is 30.2 Å². The molecule has 0 unspecified atom stereocenters. The molecule has 3 aliphatic carbocycles. The van der Waals surface area contributed by atoms with E-state index < -0.39 is 0 Å². The molecule has 0 bridgehead atoms. The van der Waals surface area contributed by atoms with Crippen molar-refractivity contribution < 1.29 is 39.1 Å². The molecule has 3 aromatic carbocycles. The average Bonchev–Trinajstić information content (AvgIpc) is 3.45. The largest absolute Gasteiger partial charge is 0.496 e. The minimum Gasteiger partial charge on any atom is -0.496 e. The minimum absolute atomic E-state index is 0.0604. The maximum absolute atomic E-state index is 11.3. The second kappa shape index (κ2) is 31.2. The monoisotopic (exact) mass is 983 g/mol. The summed E-state index contributed by atoms with van der Waals surface area (Å²) in [6, 6.07) is 31.1. The number of aliphatic hydroxyl groups excluding tert-OH is 3. The highest BCUT2D eigenvalue weighted by atomic mass is 16.5. The van der Waals surface area contributed by atoms with Crippen LogP contribution in [0.1, 0.15) is 98.5 Å². The number of nitrogens with zero attached hydrogens (tertiary/aromatic N) is 3. The Bertz CT molecular complexity index is 2460. The summed E-state index contributed by atoms with van der Waals surface area (Å²) in [5, 5.41) is 32.8. The lowest BCUT2D eigenvalue weighted by atomic mass is 9.93. The van der Waals surface area contributed by atoms with Crippen LogP contribution in [0.5, 0.6) is 17.2 Å². The maximum atomic E-state index is 11.3. The predicted molar refractivity (Wildman–Crippen MR) is 284 cm³/mol. The number of aromatic nitrogens is 3. The molecule has 0 aliphatic heterocycles. The standard InChI is InChI=1S/C19H24N2O2.C19H22N2O2.C13H11NO2.C6H13NO.CH4O/c2*1-23-19-7-2-15(14-8-10-20-11-9-14)12-16(19)13-21-17-3-5-18(22)6-4-17;1-16-13-3-2-11(8-12(13)9-15)10-4-6-14-7-5-10;7-5-1-3-6(8)4-2-5;1-2/h2,7-12,17-18,21-22H,3-6,13H2,1H3;2,7-12,17,21H,3-6,13H2,1H3;2-9H,1H3;5-6,8H,1-4,7H2;2H,1H3. The predicted octanol–water partition coefficient (Wildman–Crippen LogP) is 8.94. The molecule has 0 saturated heterocycles. The molecule has 3 aliphatic rings. The van der Waals surface area contributed by atoms with Gasteiger partial charge in [0.1, 0.15) is 23.0 Å². The van der Waals surface area contributed by atoms with Gasteiger partial charge in [-0.25, -0.2) is 0 Å². The number of ether oxygens (including phenoxy) is 3. The zero-order chi connectivity index (χ0) is 51.5. The molecule has 9 rings (SSSR count). The number of carbonyl (C=O) groups is 2. The molecule has 7 N–H and O–H groups in total. The summed E-state index contributed by atoms with van der Waals surface area (Å²) < 4.78 is 16.1. The molecule has 14 heteroatoms. The number of Topliss-reactive ketones (excluding diaryl/α,β-unsaturated/α-hetero) is 1. The van der Waals surface area contributed by atoms with E-state index in [0.29, 0.717) is 48.1 Å². The molecule has 6 aromatic rings. The number of nitrogens with one attached hydrogen (secondary N) is 2. The first-order valence-electron chi connectivity index (χ1n) is 24.9. The first kappa shape index (κ1) is 56.5. The van der Waals surface area contributed by atoms with E-state index >= 15 is 0 Å². The summed E-state index contributed by atoms with van der Waals surface area (Å²) in [5.74, 6) is 2.78. The van der Waals surface area contributed by atoms with E-state index in [9.17, 15) is 14.7 Å². The zero-order valence-corrected chi connectivity index (χ0v) is 42.3. The van der Waals surface area contributed by atoms with Crippen LogP contribution >= 0.6 is 0 Å². The quantitative estimate of drug-likeness (QED) is 0.0597. The Labute approximate surface area is 425 Å². The van der Waals surface area contributed by atoms with E-state index in [0.717, 1.165) is 141 Å². The number of hydrogen-bond donors (Lipinski definition) is 6. The van der Waals surface area contributed by atoms with Crippen LogP contribution in [0.15, 0.2) is 128 Å². The van der Waals surface area contributed by atoms with Crippen LogP contribution in [0.25, 0.3) is 33.4 Å². The Morgan fingerprint density at radius 3 is 1.25 bits per heavy atom. The van der Waals surface area contributed by atoms with Crippen LogP contribution in [0.4, 0.5) is 0 Å². The number of aliphatic hydroxyl groups is 3. The van der Waals surface area contributed by atoms with Crippen LogP contribution in [0.3, 0.4) is 0 Å². The van der Waals surface area contributed by atoms with Crippen molar-refractivity contribution in [2.75, 3.05) is 28.4 Å². The summed E-state index contributed by atoms with van der Waals surface area (Å²) in [4.78, 5) is 34.3. The molecule has 0 radical (unpaired) electrons. The van der Waals surface area contributed by atoms with Gasteiger partial charge in [0, 0.05) is 99.5 Å². The molecule has 3 heterocycles. The third kappa shape index (κ3) is 18.3. The van der Waals surface area contributed by atoms with E-state index in [-0.39, 0.29) is 12.2 Å². The Kier molecular flexibility index (Phi) is 24.5. The Balaban J connectivity index is 0.000000185. The molecule has 3 saturated carbocycles. The summed E-state index contributed by atoms with van der Waals surface area (Å²) in [6.45, 7) is 1.53. The van der Waals surface area contributed by atoms with Crippen molar-refractivity contribution in [1.82, 2.24) is 25.6 Å². The van der Waals surface area contributed by atoms with E-state index in [1.807, 2.05) is 67.0 Å². The van der Waals surface area contributed by atoms with Crippen molar-refractivity contribution in [3.8, 4) is 50.6 Å². The number of rotatable bonds is 13. The van der Waals surface area contributed by atoms with Gasteiger partial charge in [0.05, 0.1) is 39.1 Å². The summed E-state index contributed by atoms with van der Waals surface area (Å²) in [7, 11) is 5.96. The number of ketones is 1. The third-order valence-electron chi connectivity index (χ3n) is 13.1. The van der Waals surface area contributed by atoms with Crippen LogP contribution in [-0.2, 0) is 17.9 Å². The van der Waals surface area contributed by atoms with E-state index in [1.54, 1.807) is 58.2 Å². The van der Waals surface area contributed by atoms with Crippen molar-refractivity contribution in [3.63, 3.8) is 0 Å². The molecule has 72 heavy (non-hydrogen) atoms. The third-order valence-corrected chi connectivity index (χ3v) is 13.1. The smallest absolute Gasteiger partial charge is 0.153 e. The highest BCUT2D eigenvalue weighted by Crippen LogP contribution is 2.30. The van der Waals surface area contributed by atoms with Crippen molar-refractivity contribution in [3.05, 3.63) is 145 Å².